The molecule has 2 aromatic rings. The summed E-state index contributed by atoms with van der Waals surface area (Å²) in [6, 6.07) is 3.93. The molecule has 2 fully saturated rings. The Morgan fingerprint density at radius 1 is 1.19 bits per heavy atom. The van der Waals surface area contributed by atoms with E-state index in [2.05, 4.69) is 28.3 Å². The average Bonchev–Trinajstić information content (AvgIpc) is 3.44. The van der Waals surface area contributed by atoms with E-state index in [1.807, 2.05) is 24.6 Å². The quantitative estimate of drug-likeness (QED) is 0.691. The van der Waals surface area contributed by atoms with E-state index in [0.717, 1.165) is 63.6 Å². The maximum atomic E-state index is 13.0. The average molecular weight is 428 g/mol. The Kier molecular flexibility index (Phi) is 6.29. The lowest BCUT2D eigenvalue weighted by atomic mass is 10.1. The molecule has 3 heterocycles. The fraction of sp³-hybridized carbons (Fsp3) is 0.609. The highest BCUT2D eigenvalue weighted by Crippen LogP contribution is 2.46. The Balaban J connectivity index is 1.39. The van der Waals surface area contributed by atoms with Crippen molar-refractivity contribution in [2.75, 3.05) is 39.4 Å². The van der Waals surface area contributed by atoms with Gasteiger partial charge in [-0.1, -0.05) is 0 Å². The molecule has 2 aromatic heterocycles. The summed E-state index contributed by atoms with van der Waals surface area (Å²) in [5.41, 5.74) is 2.94. The first kappa shape index (κ1) is 21.8. The van der Waals surface area contributed by atoms with Gasteiger partial charge in [0.1, 0.15) is 5.56 Å². The van der Waals surface area contributed by atoms with E-state index in [-0.39, 0.29) is 22.4 Å². The maximum absolute atomic E-state index is 13.0. The van der Waals surface area contributed by atoms with Gasteiger partial charge in [-0.15, -0.1) is 0 Å². The van der Waals surface area contributed by atoms with Crippen molar-refractivity contribution in [3.63, 3.8) is 0 Å². The topological polar surface area (TPSA) is 81.4 Å². The van der Waals surface area contributed by atoms with E-state index in [1.54, 1.807) is 10.8 Å². The standard InChI is InChI=1S/C23H33N5O3/c1-17-4-7-27(9-8-26-10-12-31-13-11-26)22(30)20(17)21(29)24-15-23(5-6-23)16-28-19(3)14-18(2)25-28/h4,7,14H,5-6,8-13,15-16H2,1-3H3,(H,24,29). The molecule has 1 N–H and O–H groups in total. The highest BCUT2D eigenvalue weighted by atomic mass is 16.5. The molecule has 0 radical (unpaired) electrons. The number of nitrogens with zero attached hydrogens (tertiary/aromatic N) is 4. The molecule has 1 aliphatic carbocycles. The Morgan fingerprint density at radius 2 is 1.94 bits per heavy atom. The fourth-order valence-electron chi connectivity index (χ4n) is 4.27. The second-order valence-corrected chi connectivity index (χ2v) is 9.09. The molecular formula is C23H33N5O3. The van der Waals surface area contributed by atoms with Gasteiger partial charge in [-0.3, -0.25) is 19.2 Å². The van der Waals surface area contributed by atoms with Crippen molar-refractivity contribution in [2.24, 2.45) is 5.41 Å². The van der Waals surface area contributed by atoms with Gasteiger partial charge < -0.3 is 14.6 Å². The predicted molar refractivity (Wildman–Crippen MR) is 118 cm³/mol. The number of hydrogen-bond acceptors (Lipinski definition) is 5. The molecule has 31 heavy (non-hydrogen) atoms. The summed E-state index contributed by atoms with van der Waals surface area (Å²) in [5, 5.41) is 7.60. The van der Waals surface area contributed by atoms with E-state index < -0.39 is 0 Å². The molecule has 0 unspecified atom stereocenters. The first-order valence-electron chi connectivity index (χ1n) is 11.2. The lowest BCUT2D eigenvalue weighted by Crippen LogP contribution is -2.41. The number of nitrogens with one attached hydrogen (secondary N) is 1. The molecule has 0 bridgehead atoms. The highest BCUT2D eigenvalue weighted by molar-refractivity contribution is 5.95. The minimum atomic E-state index is -0.275. The third kappa shape index (κ3) is 5.07. The van der Waals surface area contributed by atoms with Gasteiger partial charge in [0.15, 0.2) is 0 Å². The van der Waals surface area contributed by atoms with Crippen LogP contribution in [0.1, 0.15) is 40.2 Å². The molecule has 0 aromatic carbocycles. The zero-order valence-electron chi connectivity index (χ0n) is 18.8. The van der Waals surface area contributed by atoms with Gasteiger partial charge in [0.05, 0.1) is 18.9 Å². The first-order valence-corrected chi connectivity index (χ1v) is 11.2. The minimum Gasteiger partial charge on any atom is -0.379 e. The van der Waals surface area contributed by atoms with Gasteiger partial charge in [-0.25, -0.2) is 0 Å². The van der Waals surface area contributed by atoms with Crippen molar-refractivity contribution in [3.8, 4) is 0 Å². The molecule has 8 nitrogen and oxygen atoms in total. The van der Waals surface area contributed by atoms with Crippen molar-refractivity contribution in [3.05, 3.63) is 51.2 Å². The van der Waals surface area contributed by atoms with E-state index >= 15 is 0 Å². The first-order chi connectivity index (χ1) is 14.9. The summed E-state index contributed by atoms with van der Waals surface area (Å²) >= 11 is 0. The number of aromatic nitrogens is 3. The SMILES string of the molecule is Cc1cc(C)n(CC2(CNC(=O)c3c(C)ccn(CCN4CCOCC4)c3=O)CC2)n1. The normalized spacial score (nSPS) is 18.2. The lowest BCUT2D eigenvalue weighted by molar-refractivity contribution is 0.0362. The van der Waals surface area contributed by atoms with Crippen LogP contribution in [-0.4, -0.2) is 64.5 Å². The number of aryl methyl sites for hydroxylation is 3. The molecule has 0 atom stereocenters. The number of morpholine rings is 1. The monoisotopic (exact) mass is 427 g/mol. The van der Waals surface area contributed by atoms with Gasteiger partial charge >= 0.3 is 0 Å². The van der Waals surface area contributed by atoms with Gasteiger partial charge in [0, 0.05) is 56.6 Å². The second kappa shape index (κ2) is 8.96. The minimum absolute atomic E-state index is 0.0386. The summed E-state index contributed by atoms with van der Waals surface area (Å²) < 4.78 is 9.06. The number of ether oxygens (including phenoxy) is 1. The number of carbonyl (C=O) groups is 1. The molecule has 1 saturated carbocycles. The summed E-state index contributed by atoms with van der Waals surface area (Å²) in [6.07, 6.45) is 3.91. The molecule has 8 heteroatoms. The Morgan fingerprint density at radius 3 is 2.58 bits per heavy atom. The van der Waals surface area contributed by atoms with Gasteiger partial charge in [0.2, 0.25) is 0 Å². The molecule has 1 aliphatic heterocycles. The van der Waals surface area contributed by atoms with Crippen LogP contribution < -0.4 is 10.9 Å². The molecule has 168 valence electrons. The largest absolute Gasteiger partial charge is 0.379 e. The third-order valence-corrected chi connectivity index (χ3v) is 6.53. The van der Waals surface area contributed by atoms with Gasteiger partial charge in [-0.2, -0.15) is 5.10 Å². The van der Waals surface area contributed by atoms with E-state index in [0.29, 0.717) is 18.7 Å². The van der Waals surface area contributed by atoms with E-state index in [1.165, 1.54) is 0 Å². The molecular weight excluding hydrogens is 394 g/mol. The Bertz CT molecular complexity index is 999. The van der Waals surface area contributed by atoms with Crippen LogP contribution in [0, 0.1) is 26.2 Å². The smallest absolute Gasteiger partial charge is 0.263 e. The number of rotatable bonds is 8. The van der Waals surface area contributed by atoms with Gasteiger partial charge in [-0.05, 0) is 51.3 Å². The van der Waals surface area contributed by atoms with Crippen molar-refractivity contribution in [1.29, 1.82) is 0 Å². The third-order valence-electron chi connectivity index (χ3n) is 6.53. The van der Waals surface area contributed by atoms with Crippen LogP contribution >= 0.6 is 0 Å². The fourth-order valence-corrected chi connectivity index (χ4v) is 4.27. The Labute approximate surface area is 183 Å². The van der Waals surface area contributed by atoms with Crippen molar-refractivity contribution in [1.82, 2.24) is 24.6 Å². The second-order valence-electron chi connectivity index (χ2n) is 9.09. The van der Waals surface area contributed by atoms with E-state index in [4.69, 9.17) is 4.74 Å². The lowest BCUT2D eigenvalue weighted by Gasteiger charge is -2.26. The summed E-state index contributed by atoms with van der Waals surface area (Å²) in [6.45, 7) is 11.8. The molecule has 4 rings (SSSR count). The highest BCUT2D eigenvalue weighted by Gasteiger charge is 2.43. The van der Waals surface area contributed by atoms with Gasteiger partial charge in [0.25, 0.3) is 11.5 Å². The van der Waals surface area contributed by atoms with Crippen LogP contribution in [0.15, 0.2) is 23.1 Å². The molecule has 1 amide bonds. The zero-order valence-corrected chi connectivity index (χ0v) is 18.8. The Hall–Kier alpha value is -2.45. The van der Waals surface area contributed by atoms with Crippen LogP contribution in [0.25, 0.3) is 0 Å². The van der Waals surface area contributed by atoms with Crippen molar-refractivity contribution in [2.45, 2.75) is 46.7 Å². The maximum Gasteiger partial charge on any atom is 0.263 e. The van der Waals surface area contributed by atoms with Crippen molar-refractivity contribution < 1.29 is 9.53 Å². The van der Waals surface area contributed by atoms with Crippen LogP contribution in [-0.2, 0) is 17.8 Å². The van der Waals surface area contributed by atoms with Crippen molar-refractivity contribution >= 4 is 5.91 Å². The number of carbonyl (C=O) groups excluding carboxylic acids is 1. The van der Waals surface area contributed by atoms with Crippen LogP contribution in [0.4, 0.5) is 0 Å². The van der Waals surface area contributed by atoms with E-state index in [9.17, 15) is 9.59 Å². The predicted octanol–water partition coefficient (Wildman–Crippen LogP) is 1.51. The zero-order chi connectivity index (χ0) is 22.0. The summed E-state index contributed by atoms with van der Waals surface area (Å²) in [7, 11) is 0. The van der Waals surface area contributed by atoms with Crippen LogP contribution in [0.3, 0.4) is 0 Å². The summed E-state index contributed by atoms with van der Waals surface area (Å²) in [4.78, 5) is 28.3. The number of amides is 1. The molecule has 2 aliphatic rings. The molecule has 1 saturated heterocycles. The number of pyridine rings is 1. The van der Waals surface area contributed by atoms with Crippen LogP contribution in [0.2, 0.25) is 0 Å². The van der Waals surface area contributed by atoms with Crippen LogP contribution in [0.5, 0.6) is 0 Å². The molecule has 0 spiro atoms. The summed E-state index contributed by atoms with van der Waals surface area (Å²) in [5.74, 6) is -0.275. The number of hydrogen-bond donors (Lipinski definition) is 1.